The molecule has 0 saturated heterocycles. The molecule has 6 heteroatoms. The molecule has 0 unspecified atom stereocenters. The van der Waals surface area contributed by atoms with Crippen LogP contribution in [0.4, 0.5) is 0 Å². The minimum absolute atomic E-state index is 0.0792. The average molecular weight is 391 g/mol. The summed E-state index contributed by atoms with van der Waals surface area (Å²) in [6, 6.07) is 1.57. The van der Waals surface area contributed by atoms with Crippen molar-refractivity contribution in [2.24, 2.45) is 7.05 Å². The van der Waals surface area contributed by atoms with Crippen LogP contribution in [0, 0.1) is 6.92 Å². The fourth-order valence-corrected chi connectivity index (χ4v) is 3.10. The van der Waals surface area contributed by atoms with Crippen LogP contribution in [0.5, 0.6) is 5.75 Å². The highest BCUT2D eigenvalue weighted by molar-refractivity contribution is 9.13. The molecular formula is C13H13Br2NO3. The number of aromatic hydroxyl groups is 1. The zero-order valence-corrected chi connectivity index (χ0v) is 13.9. The van der Waals surface area contributed by atoms with Gasteiger partial charge >= 0.3 is 5.97 Å². The molecule has 1 aromatic carbocycles. The van der Waals surface area contributed by atoms with Gasteiger partial charge in [-0.2, -0.15) is 0 Å². The van der Waals surface area contributed by atoms with Crippen LogP contribution in [0.1, 0.15) is 23.0 Å². The van der Waals surface area contributed by atoms with Crippen molar-refractivity contribution in [1.82, 2.24) is 4.57 Å². The molecule has 0 saturated carbocycles. The number of carbonyl (C=O) groups excluding carboxylic acids is 1. The highest BCUT2D eigenvalue weighted by atomic mass is 79.9. The van der Waals surface area contributed by atoms with Crippen molar-refractivity contribution in [3.8, 4) is 5.75 Å². The van der Waals surface area contributed by atoms with Gasteiger partial charge in [-0.05, 0) is 51.8 Å². The summed E-state index contributed by atoms with van der Waals surface area (Å²) in [4.78, 5) is 12.1. The van der Waals surface area contributed by atoms with Crippen LogP contribution in [-0.2, 0) is 11.8 Å². The van der Waals surface area contributed by atoms with Crippen molar-refractivity contribution in [3.63, 3.8) is 0 Å². The first-order valence-corrected chi connectivity index (χ1v) is 7.31. The number of aromatic nitrogens is 1. The summed E-state index contributed by atoms with van der Waals surface area (Å²) in [7, 11) is 1.87. The lowest BCUT2D eigenvalue weighted by atomic mass is 10.1. The van der Waals surface area contributed by atoms with Crippen molar-refractivity contribution < 1.29 is 14.6 Å². The summed E-state index contributed by atoms with van der Waals surface area (Å²) in [6.07, 6.45) is 0. The third kappa shape index (κ3) is 2.17. The Hall–Kier alpha value is -1.01. The maximum absolute atomic E-state index is 12.1. The fraction of sp³-hybridized carbons (Fsp3) is 0.308. The van der Waals surface area contributed by atoms with E-state index in [9.17, 15) is 9.90 Å². The molecule has 0 aliphatic heterocycles. The minimum atomic E-state index is -0.376. The molecule has 0 spiro atoms. The Balaban J connectivity index is 2.86. The Morgan fingerprint density at radius 2 is 2.05 bits per heavy atom. The number of carbonyl (C=O) groups is 1. The number of hydrogen-bond donors (Lipinski definition) is 1. The number of rotatable bonds is 2. The normalized spacial score (nSPS) is 11.0. The van der Waals surface area contributed by atoms with Crippen molar-refractivity contribution in [2.45, 2.75) is 13.8 Å². The maximum Gasteiger partial charge on any atom is 0.340 e. The SMILES string of the molecule is CCOC(=O)c1c(C)n(C)c2c(Br)c(Br)c(O)cc12. The Morgan fingerprint density at radius 1 is 1.42 bits per heavy atom. The highest BCUT2D eigenvalue weighted by Crippen LogP contribution is 2.41. The maximum atomic E-state index is 12.1. The summed E-state index contributed by atoms with van der Waals surface area (Å²) < 4.78 is 8.26. The monoisotopic (exact) mass is 389 g/mol. The van der Waals surface area contributed by atoms with Crippen LogP contribution >= 0.6 is 31.9 Å². The summed E-state index contributed by atoms with van der Waals surface area (Å²) in [6.45, 7) is 3.93. The fourth-order valence-electron chi connectivity index (χ4n) is 2.11. The van der Waals surface area contributed by atoms with Crippen molar-refractivity contribution in [1.29, 1.82) is 0 Å². The van der Waals surface area contributed by atoms with Crippen LogP contribution < -0.4 is 0 Å². The van der Waals surface area contributed by atoms with Crippen molar-refractivity contribution >= 4 is 48.7 Å². The second-order valence-corrected chi connectivity index (χ2v) is 5.75. The first-order chi connectivity index (χ1) is 8.90. The molecule has 1 aromatic heterocycles. The van der Waals surface area contributed by atoms with Crippen LogP contribution in [0.25, 0.3) is 10.9 Å². The topological polar surface area (TPSA) is 51.5 Å². The quantitative estimate of drug-likeness (QED) is 0.791. The molecule has 0 atom stereocenters. The summed E-state index contributed by atoms with van der Waals surface area (Å²) in [5, 5.41) is 10.6. The van der Waals surface area contributed by atoms with Gasteiger partial charge in [0.15, 0.2) is 0 Å². The number of fused-ring (bicyclic) bond motifs is 1. The Kier molecular flexibility index (Phi) is 3.92. The predicted molar refractivity (Wildman–Crippen MR) is 80.7 cm³/mol. The van der Waals surface area contributed by atoms with Gasteiger partial charge in [0.25, 0.3) is 0 Å². The molecule has 4 nitrogen and oxygen atoms in total. The summed E-state index contributed by atoms with van der Waals surface area (Å²) >= 11 is 6.75. The van der Waals surface area contributed by atoms with Gasteiger partial charge < -0.3 is 14.4 Å². The van der Waals surface area contributed by atoms with E-state index in [1.165, 1.54) is 0 Å². The lowest BCUT2D eigenvalue weighted by Crippen LogP contribution is -2.06. The van der Waals surface area contributed by atoms with E-state index < -0.39 is 0 Å². The molecule has 0 radical (unpaired) electrons. The summed E-state index contributed by atoms with van der Waals surface area (Å²) in [5.41, 5.74) is 2.12. The third-order valence-corrected chi connectivity index (χ3v) is 5.22. The molecule has 19 heavy (non-hydrogen) atoms. The first-order valence-electron chi connectivity index (χ1n) is 5.73. The molecule has 2 rings (SSSR count). The average Bonchev–Trinajstić information content (AvgIpc) is 2.59. The van der Waals surface area contributed by atoms with E-state index in [1.54, 1.807) is 13.0 Å². The molecular weight excluding hydrogens is 378 g/mol. The standard InChI is InChI=1S/C13H13Br2NO3/c1-4-19-13(18)9-6(2)16(3)12-7(9)5-8(17)10(14)11(12)15/h5,17H,4H2,1-3H3. The van der Waals surface area contributed by atoms with Gasteiger partial charge in [-0.15, -0.1) is 0 Å². The number of phenols is 1. The molecule has 1 N–H and O–H groups in total. The molecule has 102 valence electrons. The van der Waals surface area contributed by atoms with Crippen LogP contribution in [0.15, 0.2) is 15.0 Å². The van der Waals surface area contributed by atoms with Crippen LogP contribution in [0.2, 0.25) is 0 Å². The van der Waals surface area contributed by atoms with E-state index in [4.69, 9.17) is 4.74 Å². The number of benzene rings is 1. The summed E-state index contributed by atoms with van der Waals surface area (Å²) in [5.74, 6) is -0.297. The van der Waals surface area contributed by atoms with E-state index in [2.05, 4.69) is 31.9 Å². The number of nitrogens with zero attached hydrogens (tertiary/aromatic N) is 1. The molecule has 2 aromatic rings. The number of phenolic OH excluding ortho intramolecular Hbond substituents is 1. The van der Waals surface area contributed by atoms with Crippen LogP contribution in [0.3, 0.4) is 0 Å². The van der Waals surface area contributed by atoms with E-state index in [0.717, 1.165) is 11.2 Å². The van der Waals surface area contributed by atoms with Gasteiger partial charge in [0.2, 0.25) is 0 Å². The molecule has 0 fully saturated rings. The number of halogens is 2. The van der Waals surface area contributed by atoms with E-state index in [0.29, 0.717) is 26.5 Å². The Labute approximate surface area is 127 Å². The van der Waals surface area contributed by atoms with Gasteiger partial charge in [0.1, 0.15) is 5.75 Å². The third-order valence-electron chi connectivity index (χ3n) is 3.11. The number of esters is 1. The molecule has 0 bridgehead atoms. The zero-order chi connectivity index (χ0) is 14.3. The second kappa shape index (κ2) is 5.17. The Morgan fingerprint density at radius 3 is 2.63 bits per heavy atom. The van der Waals surface area contributed by atoms with Crippen molar-refractivity contribution in [3.05, 3.63) is 26.3 Å². The first kappa shape index (κ1) is 14.4. The predicted octanol–water partition coefficient (Wildman–Crippen LogP) is 3.89. The molecule has 0 aliphatic rings. The molecule has 0 aliphatic carbocycles. The lowest BCUT2D eigenvalue weighted by molar-refractivity contribution is 0.0527. The number of ether oxygens (including phenoxy) is 1. The van der Waals surface area contributed by atoms with Gasteiger partial charge in [-0.3, -0.25) is 0 Å². The Bertz CT molecular complexity index is 677. The lowest BCUT2D eigenvalue weighted by Gasteiger charge is -2.05. The molecule has 0 amide bonds. The van der Waals surface area contributed by atoms with Gasteiger partial charge in [-0.1, -0.05) is 0 Å². The van der Waals surface area contributed by atoms with Gasteiger partial charge in [-0.25, -0.2) is 4.79 Å². The second-order valence-electron chi connectivity index (χ2n) is 4.16. The number of aryl methyl sites for hydroxylation is 1. The van der Waals surface area contributed by atoms with Gasteiger partial charge in [0.05, 0.1) is 26.6 Å². The van der Waals surface area contributed by atoms with Crippen molar-refractivity contribution in [2.75, 3.05) is 6.61 Å². The van der Waals surface area contributed by atoms with Crippen LogP contribution in [-0.4, -0.2) is 22.2 Å². The largest absolute Gasteiger partial charge is 0.507 e. The number of hydrogen-bond acceptors (Lipinski definition) is 3. The zero-order valence-electron chi connectivity index (χ0n) is 10.8. The minimum Gasteiger partial charge on any atom is -0.507 e. The van der Waals surface area contributed by atoms with E-state index >= 15 is 0 Å². The smallest absolute Gasteiger partial charge is 0.340 e. The van der Waals surface area contributed by atoms with E-state index in [-0.39, 0.29) is 11.7 Å². The van der Waals surface area contributed by atoms with E-state index in [1.807, 2.05) is 18.5 Å². The molecule has 1 heterocycles. The highest BCUT2D eigenvalue weighted by Gasteiger charge is 2.23. The van der Waals surface area contributed by atoms with Gasteiger partial charge in [0, 0.05) is 18.1 Å².